The topological polar surface area (TPSA) is 146 Å². The van der Waals surface area contributed by atoms with Crippen molar-refractivity contribution in [3.63, 3.8) is 0 Å². The van der Waals surface area contributed by atoms with E-state index in [1.54, 1.807) is 68.6 Å². The molecule has 0 saturated heterocycles. The van der Waals surface area contributed by atoms with Crippen LogP contribution in [0.1, 0.15) is 25.0 Å². The first-order chi connectivity index (χ1) is 16.9. The van der Waals surface area contributed by atoms with Gasteiger partial charge in [-0.1, -0.05) is 17.9 Å². The van der Waals surface area contributed by atoms with Crippen LogP contribution in [0.2, 0.25) is 0 Å². The smallest absolute Gasteiger partial charge is 0.441 e. The number of rotatable bonds is 7. The molecule has 3 aromatic rings. The molecule has 182 valence electrons. The molecule has 0 aliphatic carbocycles. The highest BCUT2D eigenvalue weighted by molar-refractivity contribution is 7.75. The monoisotopic (exact) mass is 495 g/mol. The molecule has 1 heterocycles. The maximum absolute atomic E-state index is 12.2. The number of nitrogens with zero attached hydrogens (tertiary/aromatic N) is 3. The number of benzene rings is 2. The minimum Gasteiger partial charge on any atom is -0.508 e. The number of carbonyl (C=O) groups excluding carboxylic acids is 1. The number of phenolic OH excluding ortho intramolecular Hbond substituents is 1. The number of phenols is 1. The SMILES string of the molecule is CCOC(=O)/N=[SH](=O)/c1ccc(Nc2ncc(C#Cc3cccc(O)c3)c(N[C@H](C)CO)n2)cc1. The number of amides is 1. The molecule has 11 heteroatoms. The predicted molar refractivity (Wildman–Crippen MR) is 133 cm³/mol. The van der Waals surface area contributed by atoms with Gasteiger partial charge in [-0.25, -0.2) is 14.0 Å². The van der Waals surface area contributed by atoms with Crippen LogP contribution in [-0.4, -0.2) is 49.7 Å². The zero-order valence-corrected chi connectivity index (χ0v) is 20.0. The predicted octanol–water partition coefficient (Wildman–Crippen LogP) is 3.30. The van der Waals surface area contributed by atoms with Gasteiger partial charge in [0.2, 0.25) is 5.95 Å². The number of hydrogen-bond donors (Lipinski definition) is 5. The number of anilines is 3. The second kappa shape index (κ2) is 12.4. The van der Waals surface area contributed by atoms with Gasteiger partial charge in [-0.15, -0.1) is 4.36 Å². The van der Waals surface area contributed by atoms with Crippen molar-refractivity contribution >= 4 is 34.1 Å². The van der Waals surface area contributed by atoms with E-state index in [9.17, 15) is 19.2 Å². The van der Waals surface area contributed by atoms with Gasteiger partial charge in [0, 0.05) is 22.2 Å². The number of aromatic nitrogens is 2. The fourth-order valence-electron chi connectivity index (χ4n) is 2.73. The van der Waals surface area contributed by atoms with Crippen molar-refractivity contribution in [3.05, 3.63) is 65.9 Å². The lowest BCUT2D eigenvalue weighted by Gasteiger charge is -2.14. The van der Waals surface area contributed by atoms with Crippen LogP contribution in [0.15, 0.2) is 64.0 Å². The van der Waals surface area contributed by atoms with Crippen LogP contribution in [0.3, 0.4) is 0 Å². The Morgan fingerprint density at radius 2 is 2.00 bits per heavy atom. The van der Waals surface area contributed by atoms with E-state index >= 15 is 0 Å². The summed E-state index contributed by atoms with van der Waals surface area (Å²) in [6, 6.07) is 12.8. The van der Waals surface area contributed by atoms with E-state index < -0.39 is 16.7 Å². The first-order valence-corrected chi connectivity index (χ1v) is 11.9. The number of aromatic hydroxyl groups is 1. The van der Waals surface area contributed by atoms with Gasteiger partial charge < -0.3 is 25.6 Å². The number of aliphatic hydroxyl groups excluding tert-OH is 1. The van der Waals surface area contributed by atoms with Crippen molar-refractivity contribution in [3.8, 4) is 17.6 Å². The summed E-state index contributed by atoms with van der Waals surface area (Å²) in [5.74, 6) is 6.75. The van der Waals surface area contributed by atoms with Crippen molar-refractivity contribution in [1.29, 1.82) is 0 Å². The molecule has 0 aliphatic heterocycles. The third-order valence-electron chi connectivity index (χ3n) is 4.42. The molecule has 1 unspecified atom stereocenters. The van der Waals surface area contributed by atoms with E-state index in [1.165, 1.54) is 0 Å². The second-order valence-electron chi connectivity index (χ2n) is 7.23. The molecule has 4 N–H and O–H groups in total. The maximum Gasteiger partial charge on any atom is 0.441 e. The van der Waals surface area contributed by atoms with Gasteiger partial charge in [-0.2, -0.15) is 4.98 Å². The number of nitrogens with one attached hydrogen (secondary N) is 2. The van der Waals surface area contributed by atoms with Crippen molar-refractivity contribution in [1.82, 2.24) is 9.97 Å². The molecule has 0 fully saturated rings. The van der Waals surface area contributed by atoms with E-state index in [1.807, 2.05) is 0 Å². The maximum atomic E-state index is 12.2. The van der Waals surface area contributed by atoms with Crippen LogP contribution in [0, 0.1) is 11.8 Å². The van der Waals surface area contributed by atoms with E-state index in [4.69, 9.17) is 0 Å². The summed E-state index contributed by atoms with van der Waals surface area (Å²) in [7, 11) is -2.27. The molecule has 2 aromatic carbocycles. The average Bonchev–Trinajstić information content (AvgIpc) is 2.84. The molecule has 2 atom stereocenters. The Labute approximate surface area is 204 Å². The summed E-state index contributed by atoms with van der Waals surface area (Å²) in [6.45, 7) is 3.48. The number of ether oxygens (including phenoxy) is 1. The highest BCUT2D eigenvalue weighted by atomic mass is 32.2. The largest absolute Gasteiger partial charge is 0.508 e. The lowest BCUT2D eigenvalue weighted by molar-refractivity contribution is 0.164. The fourth-order valence-corrected chi connectivity index (χ4v) is 3.46. The van der Waals surface area contributed by atoms with Crippen molar-refractivity contribution in [2.24, 2.45) is 4.36 Å². The van der Waals surface area contributed by atoms with Crippen LogP contribution in [0.25, 0.3) is 0 Å². The molecule has 0 saturated carbocycles. The fraction of sp³-hybridized carbons (Fsp3) is 0.208. The Morgan fingerprint density at radius 3 is 2.69 bits per heavy atom. The Balaban J connectivity index is 1.82. The lowest BCUT2D eigenvalue weighted by Crippen LogP contribution is -2.21. The quantitative estimate of drug-likeness (QED) is 0.246. The minimum absolute atomic E-state index is 0.108. The number of hydrogen-bond acceptors (Lipinski definition) is 9. The van der Waals surface area contributed by atoms with Gasteiger partial charge in [0.1, 0.15) is 11.6 Å². The molecular weight excluding hydrogens is 470 g/mol. The molecule has 1 aromatic heterocycles. The normalized spacial score (nSPS) is 12.2. The average molecular weight is 496 g/mol. The Morgan fingerprint density at radius 1 is 1.23 bits per heavy atom. The third kappa shape index (κ3) is 7.70. The van der Waals surface area contributed by atoms with Gasteiger partial charge >= 0.3 is 6.09 Å². The first kappa shape index (κ1) is 25.5. The van der Waals surface area contributed by atoms with Crippen molar-refractivity contribution < 1.29 is 24.0 Å². The minimum atomic E-state index is -2.27. The van der Waals surface area contributed by atoms with Crippen molar-refractivity contribution in [2.75, 3.05) is 23.8 Å². The molecule has 0 radical (unpaired) electrons. The Hall–Kier alpha value is -4.14. The molecule has 1 amide bonds. The molecular formula is C24H25N5O5S. The van der Waals surface area contributed by atoms with Crippen molar-refractivity contribution in [2.45, 2.75) is 24.8 Å². The van der Waals surface area contributed by atoms with E-state index in [-0.39, 0.29) is 31.0 Å². The van der Waals surface area contributed by atoms with Gasteiger partial charge in [0.05, 0.1) is 35.6 Å². The van der Waals surface area contributed by atoms with Gasteiger partial charge in [0.25, 0.3) is 0 Å². The first-order valence-electron chi connectivity index (χ1n) is 10.7. The van der Waals surface area contributed by atoms with E-state index in [0.717, 1.165) is 0 Å². The molecule has 0 aliphatic rings. The summed E-state index contributed by atoms with van der Waals surface area (Å²) >= 11 is 0. The zero-order valence-electron chi connectivity index (χ0n) is 19.1. The highest BCUT2D eigenvalue weighted by Crippen LogP contribution is 2.19. The third-order valence-corrected chi connectivity index (χ3v) is 5.50. The van der Waals surface area contributed by atoms with E-state index in [0.29, 0.717) is 27.5 Å². The number of carbonyl (C=O) groups is 1. The Kier molecular flexibility index (Phi) is 9.00. The van der Waals surface area contributed by atoms with Crippen LogP contribution in [0.4, 0.5) is 22.2 Å². The van der Waals surface area contributed by atoms with Crippen LogP contribution in [0.5, 0.6) is 5.75 Å². The molecule has 0 spiro atoms. The lowest BCUT2D eigenvalue weighted by atomic mass is 10.2. The molecule has 3 rings (SSSR count). The number of aliphatic hydroxyl groups is 1. The highest BCUT2D eigenvalue weighted by Gasteiger charge is 2.10. The van der Waals surface area contributed by atoms with E-state index in [2.05, 4.69) is 41.5 Å². The molecule has 10 nitrogen and oxygen atoms in total. The summed E-state index contributed by atoms with van der Waals surface area (Å²) < 4.78 is 20.4. The Bertz CT molecular complexity index is 1330. The van der Waals surface area contributed by atoms with Crippen LogP contribution < -0.4 is 10.6 Å². The summed E-state index contributed by atoms with van der Waals surface area (Å²) in [6.07, 6.45) is 0.676. The standard InChI is InChI=1S/C24H25N5O5S/c1-3-34-24(32)29-35(33)21-11-9-19(10-12-21)27-23-25-14-18(22(28-23)26-16(2)15-30)8-7-17-5-4-6-20(31)13-17/h4-6,9-14,16,30-31,35H,3,15H2,1-2H3,(H2,25,26,27,28)/t16-/m1/s1. The van der Waals surface area contributed by atoms with Gasteiger partial charge in [-0.3, -0.25) is 0 Å². The molecule has 35 heavy (non-hydrogen) atoms. The summed E-state index contributed by atoms with van der Waals surface area (Å²) in [4.78, 5) is 20.5. The number of thiol groups is 1. The molecule has 0 bridgehead atoms. The second-order valence-corrected chi connectivity index (χ2v) is 8.49. The van der Waals surface area contributed by atoms with Crippen LogP contribution >= 0.6 is 0 Å². The van der Waals surface area contributed by atoms with Crippen LogP contribution in [-0.2, 0) is 15.3 Å². The van der Waals surface area contributed by atoms with Gasteiger partial charge in [-0.05, 0) is 56.3 Å². The summed E-state index contributed by atoms with van der Waals surface area (Å²) in [5, 5.41) is 25.2. The zero-order chi connectivity index (χ0) is 25.2. The van der Waals surface area contributed by atoms with Gasteiger partial charge in [0.15, 0.2) is 0 Å². The summed E-state index contributed by atoms with van der Waals surface area (Å²) in [5.41, 5.74) is 1.75.